The standard InChI is InChI=1S/C15H30N2/c1-13-4-6-15(7-5-13)12-14(2)17-10-8-16(3)9-11-17/h13-15H,4-12H2,1-3H3. The number of nitrogens with zero attached hydrogens (tertiary/aromatic N) is 2. The zero-order valence-corrected chi connectivity index (χ0v) is 12.0. The third kappa shape index (κ3) is 3.96. The maximum atomic E-state index is 2.71. The number of hydrogen-bond acceptors (Lipinski definition) is 2. The van der Waals surface area contributed by atoms with Crippen molar-refractivity contribution >= 4 is 0 Å². The first kappa shape index (κ1) is 13.4. The highest BCUT2D eigenvalue weighted by Gasteiger charge is 2.24. The minimum atomic E-state index is 0.808. The summed E-state index contributed by atoms with van der Waals surface area (Å²) in [6.07, 6.45) is 7.36. The molecule has 100 valence electrons. The molecule has 0 radical (unpaired) electrons. The van der Waals surface area contributed by atoms with E-state index in [1.54, 1.807) is 0 Å². The van der Waals surface area contributed by atoms with E-state index in [-0.39, 0.29) is 0 Å². The normalized spacial score (nSPS) is 34.8. The van der Waals surface area contributed by atoms with Gasteiger partial charge < -0.3 is 4.90 Å². The molecule has 1 unspecified atom stereocenters. The molecule has 0 amide bonds. The molecular weight excluding hydrogens is 208 g/mol. The highest BCUT2D eigenvalue weighted by molar-refractivity contribution is 4.79. The Morgan fingerprint density at radius 3 is 2.18 bits per heavy atom. The number of piperazine rings is 1. The van der Waals surface area contributed by atoms with Crippen LogP contribution in [0.15, 0.2) is 0 Å². The van der Waals surface area contributed by atoms with Gasteiger partial charge in [0, 0.05) is 32.2 Å². The molecule has 2 heteroatoms. The van der Waals surface area contributed by atoms with E-state index in [4.69, 9.17) is 0 Å². The molecule has 1 aliphatic heterocycles. The van der Waals surface area contributed by atoms with E-state index in [0.29, 0.717) is 0 Å². The second kappa shape index (κ2) is 6.19. The Labute approximate surface area is 107 Å². The van der Waals surface area contributed by atoms with Crippen molar-refractivity contribution in [1.29, 1.82) is 0 Å². The maximum absolute atomic E-state index is 2.71. The first-order valence-electron chi connectivity index (χ1n) is 7.57. The van der Waals surface area contributed by atoms with Gasteiger partial charge in [0.15, 0.2) is 0 Å². The fourth-order valence-corrected chi connectivity index (χ4v) is 3.46. The van der Waals surface area contributed by atoms with Gasteiger partial charge in [0.25, 0.3) is 0 Å². The van der Waals surface area contributed by atoms with Gasteiger partial charge in [-0.15, -0.1) is 0 Å². The van der Waals surface area contributed by atoms with Crippen LogP contribution in [-0.4, -0.2) is 49.1 Å². The number of rotatable bonds is 3. The van der Waals surface area contributed by atoms with Crippen LogP contribution in [0.3, 0.4) is 0 Å². The lowest BCUT2D eigenvalue weighted by molar-refractivity contribution is 0.0988. The molecule has 2 aliphatic rings. The van der Waals surface area contributed by atoms with Crippen LogP contribution in [0.1, 0.15) is 46.0 Å². The minimum absolute atomic E-state index is 0.808. The van der Waals surface area contributed by atoms with Gasteiger partial charge in [-0.25, -0.2) is 0 Å². The van der Waals surface area contributed by atoms with Crippen LogP contribution in [0.2, 0.25) is 0 Å². The maximum Gasteiger partial charge on any atom is 0.0113 e. The van der Waals surface area contributed by atoms with Crippen LogP contribution in [0, 0.1) is 11.8 Å². The van der Waals surface area contributed by atoms with Crippen molar-refractivity contribution in [3.63, 3.8) is 0 Å². The van der Waals surface area contributed by atoms with Gasteiger partial charge in [0.05, 0.1) is 0 Å². The smallest absolute Gasteiger partial charge is 0.0113 e. The summed E-state index contributed by atoms with van der Waals surface area (Å²) in [4.78, 5) is 5.16. The van der Waals surface area contributed by atoms with Gasteiger partial charge in [0.1, 0.15) is 0 Å². The average molecular weight is 238 g/mol. The predicted molar refractivity (Wildman–Crippen MR) is 74.3 cm³/mol. The molecule has 0 bridgehead atoms. The molecule has 1 atom stereocenters. The van der Waals surface area contributed by atoms with Crippen molar-refractivity contribution in [2.45, 2.75) is 52.0 Å². The van der Waals surface area contributed by atoms with E-state index in [0.717, 1.165) is 17.9 Å². The molecule has 2 fully saturated rings. The Morgan fingerprint density at radius 2 is 1.59 bits per heavy atom. The summed E-state index contributed by atoms with van der Waals surface area (Å²) in [6.45, 7) is 9.93. The van der Waals surface area contributed by atoms with Gasteiger partial charge in [-0.2, -0.15) is 0 Å². The summed E-state index contributed by atoms with van der Waals surface area (Å²) in [5.74, 6) is 2.01. The van der Waals surface area contributed by atoms with Gasteiger partial charge in [-0.3, -0.25) is 4.90 Å². The molecule has 0 N–H and O–H groups in total. The minimum Gasteiger partial charge on any atom is -0.304 e. The lowest BCUT2D eigenvalue weighted by Crippen LogP contribution is -2.48. The largest absolute Gasteiger partial charge is 0.304 e. The molecular formula is C15H30N2. The van der Waals surface area contributed by atoms with Crippen molar-refractivity contribution in [2.75, 3.05) is 33.2 Å². The highest BCUT2D eigenvalue weighted by Crippen LogP contribution is 2.32. The van der Waals surface area contributed by atoms with E-state index in [9.17, 15) is 0 Å². The van der Waals surface area contributed by atoms with Gasteiger partial charge in [-0.05, 0) is 32.2 Å². The molecule has 2 nitrogen and oxygen atoms in total. The zero-order valence-electron chi connectivity index (χ0n) is 12.0. The molecule has 1 aliphatic carbocycles. The topological polar surface area (TPSA) is 6.48 Å². The van der Waals surface area contributed by atoms with Crippen molar-refractivity contribution < 1.29 is 0 Å². The molecule has 0 aromatic carbocycles. The Bertz CT molecular complexity index is 213. The van der Waals surface area contributed by atoms with Crippen LogP contribution in [0.25, 0.3) is 0 Å². The Morgan fingerprint density at radius 1 is 1.00 bits per heavy atom. The summed E-state index contributed by atoms with van der Waals surface area (Å²) in [5.41, 5.74) is 0. The summed E-state index contributed by atoms with van der Waals surface area (Å²) in [5, 5.41) is 0. The molecule has 1 saturated carbocycles. The monoisotopic (exact) mass is 238 g/mol. The van der Waals surface area contributed by atoms with E-state index in [2.05, 4.69) is 30.7 Å². The van der Waals surface area contributed by atoms with Crippen LogP contribution in [0.5, 0.6) is 0 Å². The molecule has 0 spiro atoms. The molecule has 1 heterocycles. The fourth-order valence-electron chi connectivity index (χ4n) is 3.46. The van der Waals surface area contributed by atoms with E-state index in [1.807, 2.05) is 0 Å². The molecule has 1 saturated heterocycles. The van der Waals surface area contributed by atoms with Crippen molar-refractivity contribution in [1.82, 2.24) is 9.80 Å². The third-order valence-corrected chi connectivity index (χ3v) is 4.97. The summed E-state index contributed by atoms with van der Waals surface area (Å²) in [6, 6.07) is 0.808. The molecule has 0 aromatic rings. The predicted octanol–water partition coefficient (Wildman–Crippen LogP) is 2.84. The third-order valence-electron chi connectivity index (χ3n) is 4.97. The SMILES string of the molecule is CC1CCC(CC(C)N2CCN(C)CC2)CC1. The zero-order chi connectivity index (χ0) is 12.3. The first-order chi connectivity index (χ1) is 8.15. The molecule has 2 rings (SSSR count). The Hall–Kier alpha value is -0.0800. The highest BCUT2D eigenvalue weighted by atomic mass is 15.3. The Balaban J connectivity index is 1.71. The van der Waals surface area contributed by atoms with Crippen LogP contribution < -0.4 is 0 Å². The second-order valence-electron chi connectivity index (χ2n) is 6.55. The fraction of sp³-hybridized carbons (Fsp3) is 1.00. The van der Waals surface area contributed by atoms with Gasteiger partial charge in [0.2, 0.25) is 0 Å². The number of hydrogen-bond donors (Lipinski definition) is 0. The van der Waals surface area contributed by atoms with Crippen LogP contribution >= 0.6 is 0 Å². The Kier molecular flexibility index (Phi) is 4.87. The van der Waals surface area contributed by atoms with Gasteiger partial charge in [-0.1, -0.05) is 32.6 Å². The first-order valence-corrected chi connectivity index (χ1v) is 7.57. The average Bonchev–Trinajstić information content (AvgIpc) is 2.33. The van der Waals surface area contributed by atoms with Gasteiger partial charge >= 0.3 is 0 Å². The van der Waals surface area contributed by atoms with Crippen molar-refractivity contribution in [3.05, 3.63) is 0 Å². The van der Waals surface area contributed by atoms with E-state index >= 15 is 0 Å². The lowest BCUT2D eigenvalue weighted by Gasteiger charge is -2.38. The number of likely N-dealkylation sites (N-methyl/N-ethyl adjacent to an activating group) is 1. The molecule has 17 heavy (non-hydrogen) atoms. The van der Waals surface area contributed by atoms with E-state index < -0.39 is 0 Å². The summed E-state index contributed by atoms with van der Waals surface area (Å²) in [7, 11) is 2.24. The van der Waals surface area contributed by atoms with Crippen LogP contribution in [-0.2, 0) is 0 Å². The quantitative estimate of drug-likeness (QED) is 0.746. The summed E-state index contributed by atoms with van der Waals surface area (Å²) >= 11 is 0. The van der Waals surface area contributed by atoms with Crippen molar-refractivity contribution in [3.8, 4) is 0 Å². The second-order valence-corrected chi connectivity index (χ2v) is 6.55. The van der Waals surface area contributed by atoms with E-state index in [1.165, 1.54) is 58.3 Å². The van der Waals surface area contributed by atoms with Crippen molar-refractivity contribution in [2.24, 2.45) is 11.8 Å². The van der Waals surface area contributed by atoms with Crippen LogP contribution in [0.4, 0.5) is 0 Å². The molecule has 0 aromatic heterocycles. The lowest BCUT2D eigenvalue weighted by atomic mass is 9.80. The summed E-state index contributed by atoms with van der Waals surface area (Å²) < 4.78 is 0.